The second-order valence-corrected chi connectivity index (χ2v) is 12.9. The van der Waals surface area contributed by atoms with Crippen LogP contribution in [0.1, 0.15) is 84.0 Å². The Morgan fingerprint density at radius 3 is 2.23 bits per heavy atom. The van der Waals surface area contributed by atoms with Crippen LogP contribution in [0.2, 0.25) is 10.0 Å². The van der Waals surface area contributed by atoms with Crippen molar-refractivity contribution in [3.63, 3.8) is 0 Å². The Bertz CT molecular complexity index is 1350. The highest BCUT2D eigenvalue weighted by Crippen LogP contribution is 2.33. The van der Waals surface area contributed by atoms with Crippen molar-refractivity contribution >= 4 is 45.9 Å². The number of hydrogen-bond donors (Lipinski definition) is 0. The third kappa shape index (κ3) is 13.2. The monoisotopic (exact) mass is 687 g/mol. The summed E-state index contributed by atoms with van der Waals surface area (Å²) in [6.07, 6.45) is 13.6. The molecule has 1 fully saturated rings. The van der Waals surface area contributed by atoms with Crippen LogP contribution in [0.25, 0.3) is 10.9 Å². The fourth-order valence-electron chi connectivity index (χ4n) is 5.75. The van der Waals surface area contributed by atoms with E-state index in [1.165, 1.54) is 51.4 Å². The van der Waals surface area contributed by atoms with Gasteiger partial charge < -0.3 is 23.8 Å². The number of carbonyl (C=O) groups is 1. The number of pyridine rings is 1. The predicted molar refractivity (Wildman–Crippen MR) is 191 cm³/mol. The summed E-state index contributed by atoms with van der Waals surface area (Å²) in [5.74, 6) is 1.14. The lowest BCUT2D eigenvalue weighted by atomic mass is 10.1. The fraction of sp³-hybridized carbons (Fsp3) is 0.568. The van der Waals surface area contributed by atoms with E-state index >= 15 is 0 Å². The third-order valence-electron chi connectivity index (χ3n) is 8.52. The molecule has 258 valence electrons. The topological polar surface area (TPSA) is 73.4 Å². The molecule has 8 nitrogen and oxygen atoms in total. The molecule has 1 aliphatic rings. The Morgan fingerprint density at radius 2 is 1.47 bits per heavy atom. The van der Waals surface area contributed by atoms with Gasteiger partial charge in [-0.15, -0.1) is 0 Å². The summed E-state index contributed by atoms with van der Waals surface area (Å²) in [5, 5.41) is 2.20. The minimum atomic E-state index is -0.720. The van der Waals surface area contributed by atoms with Gasteiger partial charge in [0.15, 0.2) is 0 Å². The van der Waals surface area contributed by atoms with Crippen LogP contribution in [0.4, 0.5) is 10.5 Å². The molecule has 0 bridgehead atoms. The van der Waals surface area contributed by atoms with Gasteiger partial charge in [-0.25, -0.2) is 9.78 Å². The number of benzene rings is 2. The number of rotatable bonds is 21. The molecule has 1 aliphatic heterocycles. The number of hydrogen-bond acceptors (Lipinski definition) is 8. The average Bonchev–Trinajstić information content (AvgIpc) is 3.08. The summed E-state index contributed by atoms with van der Waals surface area (Å²) in [5.41, 5.74) is 1.76. The molecular weight excluding hydrogens is 637 g/mol. The van der Waals surface area contributed by atoms with Crippen molar-refractivity contribution < 1.29 is 23.7 Å². The number of carbonyl (C=O) groups excluding carboxylic acids is 1. The summed E-state index contributed by atoms with van der Waals surface area (Å²) in [4.78, 5) is 21.2. The zero-order chi connectivity index (χ0) is 33.1. The normalized spacial score (nSPS) is 13.6. The van der Waals surface area contributed by atoms with Crippen LogP contribution in [-0.4, -0.2) is 68.8 Å². The second kappa shape index (κ2) is 21.1. The summed E-state index contributed by atoms with van der Waals surface area (Å²) >= 11 is 12.6. The standard InChI is InChI=1S/C37H51Cl2N3O5/c1-2-3-4-5-6-7-8-9-10-12-27-45-37(43)47-29-46-35-20-18-30-17-19-31(28-33(30)40-35)44-26-13-11-21-41-22-24-42(25-23-41)34-16-14-15-32(38)36(34)39/h14-20,28H,2-13,21-27,29H2,1H3. The molecule has 2 aromatic carbocycles. The maximum atomic E-state index is 11.9. The van der Waals surface area contributed by atoms with Gasteiger partial charge in [0.2, 0.25) is 12.7 Å². The first-order valence-corrected chi connectivity index (χ1v) is 18.2. The van der Waals surface area contributed by atoms with Gasteiger partial charge in [-0.2, -0.15) is 0 Å². The van der Waals surface area contributed by atoms with E-state index in [-0.39, 0.29) is 6.79 Å². The first-order valence-electron chi connectivity index (χ1n) is 17.4. The van der Waals surface area contributed by atoms with E-state index in [1.807, 2.05) is 42.5 Å². The molecule has 0 unspecified atom stereocenters. The molecule has 3 aromatic rings. The number of piperazine rings is 1. The molecule has 0 radical (unpaired) electrons. The second-order valence-electron chi connectivity index (χ2n) is 12.1. The van der Waals surface area contributed by atoms with Crippen LogP contribution in [0.5, 0.6) is 11.6 Å². The molecule has 1 aromatic heterocycles. The molecule has 0 saturated carbocycles. The van der Waals surface area contributed by atoms with Crippen LogP contribution in [0.3, 0.4) is 0 Å². The minimum Gasteiger partial charge on any atom is -0.494 e. The first kappa shape index (κ1) is 36.9. The van der Waals surface area contributed by atoms with E-state index in [1.54, 1.807) is 6.07 Å². The molecule has 0 atom stereocenters. The van der Waals surface area contributed by atoms with Crippen molar-refractivity contribution in [3.8, 4) is 11.6 Å². The van der Waals surface area contributed by atoms with Crippen molar-refractivity contribution in [3.05, 3.63) is 58.6 Å². The Labute approximate surface area is 290 Å². The molecule has 4 rings (SSSR count). The van der Waals surface area contributed by atoms with E-state index in [0.29, 0.717) is 29.1 Å². The van der Waals surface area contributed by atoms with E-state index in [4.69, 9.17) is 42.1 Å². The van der Waals surface area contributed by atoms with Gasteiger partial charge in [0.25, 0.3) is 0 Å². The van der Waals surface area contributed by atoms with Gasteiger partial charge in [0.1, 0.15) is 5.75 Å². The average molecular weight is 689 g/mol. The van der Waals surface area contributed by atoms with Gasteiger partial charge in [0.05, 0.1) is 34.5 Å². The molecule has 0 N–H and O–H groups in total. The number of halogens is 2. The molecular formula is C37H51Cl2N3O5. The number of fused-ring (bicyclic) bond motifs is 1. The lowest BCUT2D eigenvalue weighted by molar-refractivity contribution is 0.00267. The van der Waals surface area contributed by atoms with Gasteiger partial charge in [-0.05, 0) is 56.1 Å². The van der Waals surface area contributed by atoms with E-state index in [2.05, 4.69) is 21.7 Å². The maximum absolute atomic E-state index is 11.9. The molecule has 0 spiro atoms. The zero-order valence-corrected chi connectivity index (χ0v) is 29.4. The smallest absolute Gasteiger partial charge is 0.494 e. The van der Waals surface area contributed by atoms with E-state index in [0.717, 1.165) is 80.7 Å². The maximum Gasteiger partial charge on any atom is 0.511 e. The van der Waals surface area contributed by atoms with Gasteiger partial charge >= 0.3 is 6.16 Å². The first-order chi connectivity index (χ1) is 23.0. The number of ether oxygens (including phenoxy) is 4. The predicted octanol–water partition coefficient (Wildman–Crippen LogP) is 9.93. The number of anilines is 1. The molecule has 2 heterocycles. The summed E-state index contributed by atoms with van der Waals surface area (Å²) < 4.78 is 21.8. The van der Waals surface area contributed by atoms with E-state index < -0.39 is 6.16 Å². The quantitative estimate of drug-likeness (QED) is 0.0622. The summed E-state index contributed by atoms with van der Waals surface area (Å²) in [6, 6.07) is 15.3. The van der Waals surface area contributed by atoms with Crippen molar-refractivity contribution in [2.45, 2.75) is 84.0 Å². The molecule has 0 amide bonds. The largest absolute Gasteiger partial charge is 0.511 e. The van der Waals surface area contributed by atoms with Crippen LogP contribution in [0, 0.1) is 0 Å². The number of aromatic nitrogens is 1. The van der Waals surface area contributed by atoms with Crippen molar-refractivity contribution in [1.29, 1.82) is 0 Å². The Hall–Kier alpha value is -2.94. The van der Waals surface area contributed by atoms with Crippen LogP contribution in [0.15, 0.2) is 48.5 Å². The minimum absolute atomic E-state index is 0.255. The summed E-state index contributed by atoms with van der Waals surface area (Å²) in [7, 11) is 0. The highest BCUT2D eigenvalue weighted by atomic mass is 35.5. The number of unbranched alkanes of at least 4 members (excludes halogenated alkanes) is 10. The van der Waals surface area contributed by atoms with Crippen LogP contribution in [-0.2, 0) is 9.47 Å². The Morgan fingerprint density at radius 1 is 0.766 bits per heavy atom. The lowest BCUT2D eigenvalue weighted by Crippen LogP contribution is -2.46. The van der Waals surface area contributed by atoms with Crippen molar-refractivity contribution in [2.75, 3.05) is 57.6 Å². The van der Waals surface area contributed by atoms with Crippen LogP contribution < -0.4 is 14.4 Å². The van der Waals surface area contributed by atoms with Crippen molar-refractivity contribution in [1.82, 2.24) is 9.88 Å². The zero-order valence-electron chi connectivity index (χ0n) is 27.9. The highest BCUT2D eigenvalue weighted by molar-refractivity contribution is 6.43. The van der Waals surface area contributed by atoms with Crippen molar-refractivity contribution in [2.24, 2.45) is 0 Å². The third-order valence-corrected chi connectivity index (χ3v) is 9.33. The van der Waals surface area contributed by atoms with Gasteiger partial charge in [-0.3, -0.25) is 4.90 Å². The molecule has 47 heavy (non-hydrogen) atoms. The van der Waals surface area contributed by atoms with Crippen LogP contribution >= 0.6 is 23.2 Å². The van der Waals surface area contributed by atoms with E-state index in [9.17, 15) is 4.79 Å². The Balaban J connectivity index is 1.05. The molecule has 1 saturated heterocycles. The summed E-state index contributed by atoms with van der Waals surface area (Å²) in [6.45, 7) is 7.88. The molecule has 10 heteroatoms. The van der Waals surface area contributed by atoms with Gasteiger partial charge in [-0.1, -0.05) is 94.0 Å². The van der Waals surface area contributed by atoms with Gasteiger partial charge in [0, 0.05) is 43.7 Å². The number of nitrogens with zero attached hydrogens (tertiary/aromatic N) is 3. The lowest BCUT2D eigenvalue weighted by Gasteiger charge is -2.36. The Kier molecular flexibility index (Phi) is 16.6. The SMILES string of the molecule is CCCCCCCCCCCCOC(=O)OCOc1ccc2ccc(OCCCCN3CCN(c4cccc(Cl)c4Cl)CC3)cc2n1. The molecule has 0 aliphatic carbocycles. The highest BCUT2D eigenvalue weighted by Gasteiger charge is 2.19. The fourth-order valence-corrected chi connectivity index (χ4v) is 6.16.